The van der Waals surface area contributed by atoms with Crippen molar-refractivity contribution in [2.24, 2.45) is 5.92 Å². The van der Waals surface area contributed by atoms with Crippen molar-refractivity contribution in [3.05, 3.63) is 53.9 Å². The van der Waals surface area contributed by atoms with Crippen LogP contribution in [0.1, 0.15) is 61.2 Å². The lowest BCUT2D eigenvalue weighted by Gasteiger charge is -2.24. The maximum absolute atomic E-state index is 13.3. The molecule has 8 heteroatoms. The Morgan fingerprint density at radius 3 is 2.83 bits per heavy atom. The molecule has 1 aliphatic carbocycles. The molecule has 1 amide bonds. The van der Waals surface area contributed by atoms with Crippen LogP contribution in [0.2, 0.25) is 0 Å². The van der Waals surface area contributed by atoms with Gasteiger partial charge in [0.2, 0.25) is 5.89 Å². The Balaban J connectivity index is 1.42. The molecule has 1 N–H and O–H groups in total. The first-order valence-electron chi connectivity index (χ1n) is 10.5. The monoisotopic (exact) mass is 407 g/mol. The van der Waals surface area contributed by atoms with Crippen LogP contribution in [-0.2, 0) is 5.41 Å². The summed E-state index contributed by atoms with van der Waals surface area (Å²) in [4.78, 5) is 19.7. The molecule has 1 saturated heterocycles. The van der Waals surface area contributed by atoms with Crippen LogP contribution in [0.15, 0.2) is 41.1 Å². The maximum Gasteiger partial charge on any atom is 0.278 e. The lowest BCUT2D eigenvalue weighted by atomic mass is 9.80. The number of benzene rings is 1. The Labute approximate surface area is 174 Å². The van der Waals surface area contributed by atoms with Crippen LogP contribution in [0.4, 0.5) is 0 Å². The maximum atomic E-state index is 13.3. The van der Waals surface area contributed by atoms with Crippen molar-refractivity contribution >= 4 is 5.91 Å². The SMILES string of the molecule is CC(C)c1noc([C@@]23CCC[C@@H]2CN(C(=O)c2nn(-c4ccccc4)cc2O)C3)n1. The Bertz CT molecular complexity index is 1070. The van der Waals surface area contributed by atoms with Gasteiger partial charge in [-0.05, 0) is 30.9 Å². The summed E-state index contributed by atoms with van der Waals surface area (Å²) in [5, 5.41) is 18.9. The second kappa shape index (κ2) is 6.97. The van der Waals surface area contributed by atoms with Crippen LogP contribution in [0.5, 0.6) is 5.75 Å². The minimum atomic E-state index is -0.298. The van der Waals surface area contributed by atoms with Gasteiger partial charge < -0.3 is 14.5 Å². The van der Waals surface area contributed by atoms with Gasteiger partial charge in [0, 0.05) is 19.0 Å². The summed E-state index contributed by atoms with van der Waals surface area (Å²) >= 11 is 0. The van der Waals surface area contributed by atoms with Crippen LogP contribution < -0.4 is 0 Å². The highest BCUT2D eigenvalue weighted by atomic mass is 16.5. The van der Waals surface area contributed by atoms with E-state index >= 15 is 0 Å². The van der Waals surface area contributed by atoms with E-state index in [0.29, 0.717) is 24.8 Å². The van der Waals surface area contributed by atoms with Crippen molar-refractivity contribution < 1.29 is 14.4 Å². The number of aromatic hydroxyl groups is 1. The summed E-state index contributed by atoms with van der Waals surface area (Å²) in [5.41, 5.74) is 0.559. The van der Waals surface area contributed by atoms with Crippen molar-refractivity contribution in [2.45, 2.75) is 44.4 Å². The molecule has 3 aromatic rings. The normalized spacial score (nSPS) is 23.3. The highest BCUT2D eigenvalue weighted by Crippen LogP contribution is 2.50. The number of rotatable bonds is 4. The molecule has 2 aromatic heterocycles. The first-order chi connectivity index (χ1) is 14.5. The molecule has 1 aliphatic heterocycles. The second-order valence-corrected chi connectivity index (χ2v) is 8.69. The Hall–Kier alpha value is -3.16. The van der Waals surface area contributed by atoms with Crippen molar-refractivity contribution in [1.29, 1.82) is 0 Å². The predicted molar refractivity (Wildman–Crippen MR) is 109 cm³/mol. The highest BCUT2D eigenvalue weighted by Gasteiger charge is 2.55. The highest BCUT2D eigenvalue weighted by molar-refractivity contribution is 5.95. The van der Waals surface area contributed by atoms with Crippen LogP contribution in [-0.4, -0.2) is 48.9 Å². The van der Waals surface area contributed by atoms with Crippen molar-refractivity contribution in [2.75, 3.05) is 13.1 Å². The fourth-order valence-electron chi connectivity index (χ4n) is 4.85. The smallest absolute Gasteiger partial charge is 0.278 e. The summed E-state index contributed by atoms with van der Waals surface area (Å²) in [6.07, 6.45) is 4.50. The zero-order valence-electron chi connectivity index (χ0n) is 17.2. The van der Waals surface area contributed by atoms with E-state index in [1.807, 2.05) is 44.2 Å². The van der Waals surface area contributed by atoms with E-state index in [1.165, 1.54) is 10.9 Å². The Kier molecular flexibility index (Phi) is 4.38. The molecule has 0 unspecified atom stereocenters. The van der Waals surface area contributed by atoms with E-state index in [-0.39, 0.29) is 34.6 Å². The number of carbonyl (C=O) groups excluding carboxylic acids is 1. The third-order valence-electron chi connectivity index (χ3n) is 6.46. The van der Waals surface area contributed by atoms with E-state index in [2.05, 4.69) is 15.2 Å². The summed E-state index contributed by atoms with van der Waals surface area (Å²) in [7, 11) is 0. The van der Waals surface area contributed by atoms with Gasteiger partial charge in [-0.2, -0.15) is 10.1 Å². The lowest BCUT2D eigenvalue weighted by Crippen LogP contribution is -2.35. The summed E-state index contributed by atoms with van der Waals surface area (Å²) in [5.74, 6) is 1.43. The van der Waals surface area contributed by atoms with Crippen molar-refractivity contribution in [3.63, 3.8) is 0 Å². The topological polar surface area (TPSA) is 97.3 Å². The fourth-order valence-corrected chi connectivity index (χ4v) is 4.85. The standard InChI is InChI=1S/C22H25N5O3/c1-14(2)19-23-21(30-25-19)22-10-6-7-15(22)11-26(13-22)20(29)18-17(28)12-27(24-18)16-8-4-3-5-9-16/h3-5,8-9,12,14-15,28H,6-7,10-11,13H2,1-2H3/t15-,22-/m1/s1. The quantitative estimate of drug-likeness (QED) is 0.713. The third-order valence-corrected chi connectivity index (χ3v) is 6.46. The number of para-hydroxylation sites is 1. The molecule has 2 atom stereocenters. The molecule has 5 rings (SSSR count). The Morgan fingerprint density at radius 2 is 2.10 bits per heavy atom. The molecule has 0 bridgehead atoms. The van der Waals surface area contributed by atoms with Crippen LogP contribution in [0, 0.1) is 5.92 Å². The molecule has 30 heavy (non-hydrogen) atoms. The van der Waals surface area contributed by atoms with Crippen LogP contribution >= 0.6 is 0 Å². The van der Waals surface area contributed by atoms with E-state index < -0.39 is 0 Å². The number of nitrogens with zero attached hydrogens (tertiary/aromatic N) is 5. The number of amides is 1. The van der Waals surface area contributed by atoms with Crippen LogP contribution in [0.25, 0.3) is 5.69 Å². The summed E-state index contributed by atoms with van der Waals surface area (Å²) < 4.78 is 7.20. The summed E-state index contributed by atoms with van der Waals surface area (Å²) in [6.45, 7) is 5.19. The molecule has 0 radical (unpaired) electrons. The number of carbonyl (C=O) groups is 1. The molecular formula is C22H25N5O3. The van der Waals surface area contributed by atoms with Gasteiger partial charge in [0.1, 0.15) is 0 Å². The first kappa shape index (κ1) is 18.8. The molecular weight excluding hydrogens is 382 g/mol. The number of aromatic nitrogens is 4. The predicted octanol–water partition coefficient (Wildman–Crippen LogP) is 3.28. The van der Waals surface area contributed by atoms with Gasteiger partial charge in [0.05, 0.1) is 17.3 Å². The molecule has 0 spiro atoms. The van der Waals surface area contributed by atoms with Gasteiger partial charge in [0.15, 0.2) is 17.3 Å². The number of hydrogen-bond donors (Lipinski definition) is 1. The first-order valence-corrected chi connectivity index (χ1v) is 10.5. The minimum Gasteiger partial charge on any atom is -0.504 e. The number of fused-ring (bicyclic) bond motifs is 1. The summed E-state index contributed by atoms with van der Waals surface area (Å²) in [6, 6.07) is 9.42. The van der Waals surface area contributed by atoms with E-state index in [9.17, 15) is 9.90 Å². The van der Waals surface area contributed by atoms with E-state index in [1.54, 1.807) is 4.90 Å². The molecule has 1 saturated carbocycles. The average Bonchev–Trinajstić information content (AvgIpc) is 3.49. The third kappa shape index (κ3) is 2.89. The number of likely N-dealkylation sites (tertiary alicyclic amines) is 1. The molecule has 2 aliphatic rings. The van der Waals surface area contributed by atoms with Gasteiger partial charge in [-0.3, -0.25) is 4.79 Å². The number of hydrogen-bond acceptors (Lipinski definition) is 6. The van der Waals surface area contributed by atoms with E-state index in [0.717, 1.165) is 24.9 Å². The molecule has 1 aromatic carbocycles. The zero-order valence-corrected chi connectivity index (χ0v) is 17.2. The van der Waals surface area contributed by atoms with Gasteiger partial charge in [0.25, 0.3) is 5.91 Å². The minimum absolute atomic E-state index is 0.0716. The van der Waals surface area contributed by atoms with Crippen molar-refractivity contribution in [1.82, 2.24) is 24.8 Å². The fraction of sp³-hybridized carbons (Fsp3) is 0.455. The molecule has 8 nitrogen and oxygen atoms in total. The lowest BCUT2D eigenvalue weighted by molar-refractivity contribution is 0.0765. The van der Waals surface area contributed by atoms with Crippen molar-refractivity contribution in [3.8, 4) is 11.4 Å². The van der Waals surface area contributed by atoms with Gasteiger partial charge in [-0.25, -0.2) is 4.68 Å². The largest absolute Gasteiger partial charge is 0.504 e. The second-order valence-electron chi connectivity index (χ2n) is 8.69. The van der Waals surface area contributed by atoms with Crippen LogP contribution in [0.3, 0.4) is 0 Å². The van der Waals surface area contributed by atoms with Gasteiger partial charge in [-0.1, -0.05) is 43.6 Å². The van der Waals surface area contributed by atoms with Gasteiger partial charge in [-0.15, -0.1) is 0 Å². The average molecular weight is 407 g/mol. The molecule has 3 heterocycles. The molecule has 156 valence electrons. The molecule has 2 fully saturated rings. The zero-order chi connectivity index (χ0) is 20.9. The van der Waals surface area contributed by atoms with E-state index in [4.69, 9.17) is 4.52 Å². The van der Waals surface area contributed by atoms with Gasteiger partial charge >= 0.3 is 0 Å². The Morgan fingerprint density at radius 1 is 1.30 bits per heavy atom.